The van der Waals surface area contributed by atoms with Gasteiger partial charge in [-0.3, -0.25) is 4.79 Å². The molecular weight excluding hydrogens is 286 g/mol. The van der Waals surface area contributed by atoms with Gasteiger partial charge in [0.25, 0.3) is 0 Å². The van der Waals surface area contributed by atoms with Gasteiger partial charge in [0.2, 0.25) is 0 Å². The van der Waals surface area contributed by atoms with Crippen LogP contribution in [0.3, 0.4) is 0 Å². The zero-order valence-corrected chi connectivity index (χ0v) is 10.2. The predicted octanol–water partition coefficient (Wildman–Crippen LogP) is 4.63. The molecule has 1 aliphatic carbocycles. The summed E-state index contributed by atoms with van der Waals surface area (Å²) in [5.41, 5.74) is -3.59. The average Bonchev–Trinajstić information content (AvgIpc) is 2.48. The van der Waals surface area contributed by atoms with Gasteiger partial charge in [-0.05, 0) is 37.0 Å². The number of benzene rings is 1. The fraction of sp³-hybridized carbons (Fsp3) is 0.462. The summed E-state index contributed by atoms with van der Waals surface area (Å²) in [6.45, 7) is 0. The third-order valence-corrected chi connectivity index (χ3v) is 3.23. The lowest BCUT2D eigenvalue weighted by molar-refractivity contribution is -0.143. The van der Waals surface area contributed by atoms with E-state index in [1.165, 1.54) is 0 Å². The first kappa shape index (κ1) is 14.9. The normalized spacial score (nSPS) is 16.8. The summed E-state index contributed by atoms with van der Waals surface area (Å²) in [7, 11) is 0. The summed E-state index contributed by atoms with van der Waals surface area (Å²) >= 11 is 0. The highest BCUT2D eigenvalue weighted by Gasteiger charge is 2.41. The van der Waals surface area contributed by atoms with Crippen molar-refractivity contribution in [3.8, 4) is 0 Å². The van der Waals surface area contributed by atoms with Crippen molar-refractivity contribution in [3.63, 3.8) is 0 Å². The van der Waals surface area contributed by atoms with Gasteiger partial charge >= 0.3 is 12.4 Å². The maximum Gasteiger partial charge on any atom is 0.417 e. The molecule has 1 aliphatic rings. The minimum absolute atomic E-state index is 0.0298. The molecule has 0 saturated carbocycles. The zero-order chi connectivity index (χ0) is 15.1. The molecule has 0 bridgehead atoms. The van der Waals surface area contributed by atoms with E-state index in [1.807, 2.05) is 0 Å². The second-order valence-corrected chi connectivity index (χ2v) is 4.68. The molecule has 1 nitrogen and oxygen atoms in total. The molecule has 0 aromatic heterocycles. The van der Waals surface area contributed by atoms with Crippen LogP contribution in [0, 0.1) is 0 Å². The number of ketones is 1. The van der Waals surface area contributed by atoms with E-state index >= 15 is 0 Å². The first-order valence-corrected chi connectivity index (χ1v) is 5.95. The van der Waals surface area contributed by atoms with Gasteiger partial charge in [-0.1, -0.05) is 0 Å². The minimum atomic E-state index is -4.98. The third kappa shape index (κ3) is 2.81. The number of fused-ring (bicyclic) bond motifs is 1. The first-order valence-electron chi connectivity index (χ1n) is 5.95. The Labute approximate surface area is 110 Å². The summed E-state index contributed by atoms with van der Waals surface area (Å²) in [5, 5.41) is 0. The fourth-order valence-corrected chi connectivity index (χ4v) is 2.34. The minimum Gasteiger partial charge on any atom is -0.294 e. The lowest BCUT2D eigenvalue weighted by Crippen LogP contribution is -2.18. The number of hydrogen-bond acceptors (Lipinski definition) is 1. The summed E-state index contributed by atoms with van der Waals surface area (Å²) in [6.07, 6.45) is -9.09. The Hall–Kier alpha value is -1.53. The SMILES string of the molecule is O=C1CCCCc2cc(C(F)(F)F)cc(C(F)(F)F)c21. The smallest absolute Gasteiger partial charge is 0.294 e. The molecule has 0 N–H and O–H groups in total. The summed E-state index contributed by atoms with van der Waals surface area (Å²) in [6, 6.07) is 0.690. The Morgan fingerprint density at radius 3 is 2.00 bits per heavy atom. The quantitative estimate of drug-likeness (QED) is 0.504. The van der Waals surface area contributed by atoms with Crippen LogP contribution < -0.4 is 0 Å². The second kappa shape index (κ2) is 4.79. The van der Waals surface area contributed by atoms with Crippen LogP contribution >= 0.6 is 0 Å². The molecule has 0 atom stereocenters. The molecule has 2 rings (SSSR count). The molecule has 0 heterocycles. The highest BCUT2D eigenvalue weighted by atomic mass is 19.4. The lowest BCUT2D eigenvalue weighted by Gasteiger charge is -2.17. The standard InChI is InChI=1S/C13H10F6O/c14-12(15,16)8-5-7-3-1-2-4-10(20)11(7)9(6-8)13(17,18)19/h5-6H,1-4H2. The number of hydrogen-bond donors (Lipinski definition) is 0. The van der Waals surface area contributed by atoms with Gasteiger partial charge in [-0.15, -0.1) is 0 Å². The molecule has 0 amide bonds. The van der Waals surface area contributed by atoms with Crippen molar-refractivity contribution in [2.75, 3.05) is 0 Å². The van der Waals surface area contributed by atoms with Gasteiger partial charge in [-0.2, -0.15) is 26.3 Å². The Kier molecular flexibility index (Phi) is 3.56. The van der Waals surface area contributed by atoms with Crippen molar-refractivity contribution in [3.05, 3.63) is 34.4 Å². The van der Waals surface area contributed by atoms with Crippen LogP contribution in [-0.4, -0.2) is 5.78 Å². The molecule has 1 aromatic carbocycles. The highest BCUT2D eigenvalue weighted by Crippen LogP contribution is 2.40. The van der Waals surface area contributed by atoms with Gasteiger partial charge in [0.05, 0.1) is 11.1 Å². The number of alkyl halides is 6. The number of rotatable bonds is 0. The van der Waals surface area contributed by atoms with E-state index in [4.69, 9.17) is 0 Å². The molecule has 110 valence electrons. The first-order chi connectivity index (χ1) is 9.10. The largest absolute Gasteiger partial charge is 0.417 e. The van der Waals surface area contributed by atoms with Crippen LogP contribution in [0.15, 0.2) is 12.1 Å². The van der Waals surface area contributed by atoms with Crippen LogP contribution in [0.5, 0.6) is 0 Å². The molecule has 0 radical (unpaired) electrons. The van der Waals surface area contributed by atoms with Crippen LogP contribution in [0.2, 0.25) is 0 Å². The predicted molar refractivity (Wildman–Crippen MR) is 58.3 cm³/mol. The monoisotopic (exact) mass is 296 g/mol. The molecule has 0 unspecified atom stereocenters. The Bertz CT molecular complexity index is 541. The van der Waals surface area contributed by atoms with E-state index < -0.39 is 34.8 Å². The highest BCUT2D eigenvalue weighted by molar-refractivity contribution is 5.99. The van der Waals surface area contributed by atoms with Crippen LogP contribution in [0.1, 0.15) is 46.3 Å². The van der Waals surface area contributed by atoms with Crippen molar-refractivity contribution in [1.82, 2.24) is 0 Å². The Balaban J connectivity index is 2.73. The van der Waals surface area contributed by atoms with Gasteiger partial charge in [-0.25, -0.2) is 0 Å². The van der Waals surface area contributed by atoms with E-state index in [-0.39, 0.29) is 24.5 Å². The van der Waals surface area contributed by atoms with E-state index in [0.717, 1.165) is 0 Å². The van der Waals surface area contributed by atoms with E-state index in [1.54, 1.807) is 0 Å². The topological polar surface area (TPSA) is 17.1 Å². The van der Waals surface area contributed by atoms with Crippen molar-refractivity contribution < 1.29 is 31.1 Å². The Morgan fingerprint density at radius 2 is 1.45 bits per heavy atom. The molecule has 20 heavy (non-hydrogen) atoms. The van der Waals surface area contributed by atoms with E-state index in [0.29, 0.717) is 18.9 Å². The maximum atomic E-state index is 12.9. The number of carbonyl (C=O) groups is 1. The zero-order valence-electron chi connectivity index (χ0n) is 10.2. The molecule has 0 fully saturated rings. The number of aryl methyl sites for hydroxylation is 1. The number of carbonyl (C=O) groups excluding carboxylic acids is 1. The van der Waals surface area contributed by atoms with E-state index in [2.05, 4.69) is 0 Å². The lowest BCUT2D eigenvalue weighted by atomic mass is 9.93. The van der Waals surface area contributed by atoms with Gasteiger partial charge in [0.15, 0.2) is 5.78 Å². The Morgan fingerprint density at radius 1 is 0.850 bits per heavy atom. The molecular formula is C13H10F6O. The van der Waals surface area contributed by atoms with E-state index in [9.17, 15) is 31.1 Å². The number of Topliss-reactive ketones (excluding diaryl/α,β-unsaturated/α-hetero) is 1. The van der Waals surface area contributed by atoms with Crippen molar-refractivity contribution in [1.29, 1.82) is 0 Å². The van der Waals surface area contributed by atoms with Gasteiger partial charge < -0.3 is 0 Å². The summed E-state index contributed by atoms with van der Waals surface area (Å²) in [5.74, 6) is -0.737. The van der Waals surface area contributed by atoms with Crippen molar-refractivity contribution >= 4 is 5.78 Å². The molecule has 0 aliphatic heterocycles. The van der Waals surface area contributed by atoms with Gasteiger partial charge in [0.1, 0.15) is 0 Å². The molecule has 0 saturated heterocycles. The number of halogens is 6. The summed E-state index contributed by atoms with van der Waals surface area (Å²) < 4.78 is 76.8. The van der Waals surface area contributed by atoms with Crippen LogP contribution in [0.4, 0.5) is 26.3 Å². The maximum absolute atomic E-state index is 12.9. The molecule has 0 spiro atoms. The van der Waals surface area contributed by atoms with Crippen LogP contribution in [-0.2, 0) is 18.8 Å². The van der Waals surface area contributed by atoms with Gasteiger partial charge in [0, 0.05) is 12.0 Å². The summed E-state index contributed by atoms with van der Waals surface area (Å²) in [4.78, 5) is 11.8. The van der Waals surface area contributed by atoms with Crippen LogP contribution in [0.25, 0.3) is 0 Å². The molecule has 1 aromatic rings. The van der Waals surface area contributed by atoms with Crippen molar-refractivity contribution in [2.45, 2.75) is 38.0 Å². The average molecular weight is 296 g/mol. The third-order valence-electron chi connectivity index (χ3n) is 3.23. The fourth-order valence-electron chi connectivity index (χ4n) is 2.34. The second-order valence-electron chi connectivity index (χ2n) is 4.68. The van der Waals surface area contributed by atoms with Crippen molar-refractivity contribution in [2.24, 2.45) is 0 Å². The molecule has 7 heteroatoms.